The average molecular weight is 423 g/mol. The summed E-state index contributed by atoms with van der Waals surface area (Å²) >= 11 is 1.43. The highest BCUT2D eigenvalue weighted by molar-refractivity contribution is 8.00. The highest BCUT2D eigenvalue weighted by atomic mass is 32.2. The van der Waals surface area contributed by atoms with Crippen molar-refractivity contribution in [3.8, 4) is 5.69 Å². The van der Waals surface area contributed by atoms with Gasteiger partial charge in [0.15, 0.2) is 11.4 Å². The van der Waals surface area contributed by atoms with Gasteiger partial charge in [-0.3, -0.25) is 4.79 Å². The summed E-state index contributed by atoms with van der Waals surface area (Å²) in [6.07, 6.45) is 3.29. The van der Waals surface area contributed by atoms with E-state index in [4.69, 9.17) is 0 Å². The number of benzene rings is 3. The van der Waals surface area contributed by atoms with E-state index in [-0.39, 0.29) is 5.78 Å². The molecule has 31 heavy (non-hydrogen) atoms. The van der Waals surface area contributed by atoms with Crippen LogP contribution < -0.4 is 0 Å². The number of thioether (sulfide) groups is 1. The molecular formula is C25H18N4OS. The molecule has 3 aromatic carbocycles. The summed E-state index contributed by atoms with van der Waals surface area (Å²) in [4.78, 5) is 22.4. The summed E-state index contributed by atoms with van der Waals surface area (Å²) in [5, 5.41) is 5.64. The second kappa shape index (κ2) is 8.53. The summed E-state index contributed by atoms with van der Waals surface area (Å²) in [5.74, 6) is 0.0408. The minimum Gasteiger partial charge on any atom is -0.293 e. The minimum absolute atomic E-state index is 0.0408. The first kappa shape index (κ1) is 19.2. The van der Waals surface area contributed by atoms with Crippen molar-refractivity contribution in [3.05, 3.63) is 115 Å². The molecule has 0 aliphatic rings. The van der Waals surface area contributed by atoms with Crippen LogP contribution in [0.1, 0.15) is 21.2 Å². The van der Waals surface area contributed by atoms with Crippen molar-refractivity contribution in [1.82, 2.24) is 19.7 Å². The maximum absolute atomic E-state index is 13.4. The summed E-state index contributed by atoms with van der Waals surface area (Å²) < 4.78 is 1.79. The van der Waals surface area contributed by atoms with Gasteiger partial charge in [-0.15, -0.1) is 0 Å². The van der Waals surface area contributed by atoms with E-state index in [0.717, 1.165) is 21.7 Å². The first-order chi connectivity index (χ1) is 15.3. The van der Waals surface area contributed by atoms with Gasteiger partial charge in [0, 0.05) is 5.56 Å². The minimum atomic E-state index is -0.429. The van der Waals surface area contributed by atoms with Gasteiger partial charge in [-0.25, -0.2) is 14.6 Å². The number of carbonyl (C=O) groups is 1. The van der Waals surface area contributed by atoms with E-state index < -0.39 is 5.25 Å². The molecule has 0 saturated carbocycles. The first-order valence-electron chi connectivity index (χ1n) is 9.86. The zero-order valence-electron chi connectivity index (χ0n) is 16.5. The molecule has 5 aromatic rings. The molecule has 2 heterocycles. The number of nitrogens with zero attached hydrogens (tertiary/aromatic N) is 4. The van der Waals surface area contributed by atoms with E-state index in [0.29, 0.717) is 11.2 Å². The number of fused-ring (bicyclic) bond motifs is 1. The SMILES string of the molecule is O=C(c1ccccc1)C(Sc1ncnc2c1cnn2-c1ccccc1)c1ccccc1. The monoisotopic (exact) mass is 422 g/mol. The first-order valence-corrected chi connectivity index (χ1v) is 10.7. The van der Waals surface area contributed by atoms with Crippen molar-refractivity contribution in [1.29, 1.82) is 0 Å². The molecule has 0 saturated heterocycles. The van der Waals surface area contributed by atoms with Crippen LogP contribution in [0, 0.1) is 0 Å². The summed E-state index contributed by atoms with van der Waals surface area (Å²) in [6, 6.07) is 29.0. The summed E-state index contributed by atoms with van der Waals surface area (Å²) in [7, 11) is 0. The topological polar surface area (TPSA) is 60.7 Å². The van der Waals surface area contributed by atoms with Gasteiger partial charge in [-0.05, 0) is 17.7 Å². The molecule has 0 aliphatic heterocycles. The Morgan fingerprint density at radius 1 is 0.806 bits per heavy atom. The Hall–Kier alpha value is -3.77. The fourth-order valence-electron chi connectivity index (χ4n) is 3.44. The Morgan fingerprint density at radius 2 is 1.45 bits per heavy atom. The van der Waals surface area contributed by atoms with Crippen molar-refractivity contribution in [3.63, 3.8) is 0 Å². The lowest BCUT2D eigenvalue weighted by Crippen LogP contribution is -2.10. The van der Waals surface area contributed by atoms with Gasteiger partial charge in [0.1, 0.15) is 11.4 Å². The maximum Gasteiger partial charge on any atom is 0.180 e. The third-order valence-corrected chi connectivity index (χ3v) is 6.23. The summed E-state index contributed by atoms with van der Waals surface area (Å²) in [5.41, 5.74) is 3.24. The Labute approximate surface area is 183 Å². The molecule has 1 atom stereocenters. The smallest absolute Gasteiger partial charge is 0.180 e. The molecule has 0 amide bonds. The Bertz CT molecular complexity index is 1320. The fraction of sp³-hybridized carbons (Fsp3) is 0.0400. The van der Waals surface area contributed by atoms with Crippen molar-refractivity contribution in [2.45, 2.75) is 10.3 Å². The lowest BCUT2D eigenvalue weighted by Gasteiger charge is -2.16. The van der Waals surface area contributed by atoms with Gasteiger partial charge >= 0.3 is 0 Å². The number of rotatable bonds is 6. The van der Waals surface area contributed by atoms with Crippen LogP contribution in [-0.4, -0.2) is 25.5 Å². The lowest BCUT2D eigenvalue weighted by atomic mass is 10.0. The van der Waals surface area contributed by atoms with E-state index in [1.165, 1.54) is 18.1 Å². The Morgan fingerprint density at radius 3 is 2.16 bits per heavy atom. The van der Waals surface area contributed by atoms with Crippen LogP contribution in [0.25, 0.3) is 16.7 Å². The Balaban J connectivity index is 1.57. The highest BCUT2D eigenvalue weighted by Gasteiger charge is 2.25. The number of ketones is 1. The van der Waals surface area contributed by atoms with Crippen LogP contribution in [0.15, 0.2) is 109 Å². The van der Waals surface area contributed by atoms with Crippen LogP contribution in [0.4, 0.5) is 0 Å². The number of hydrogen-bond donors (Lipinski definition) is 0. The standard InChI is InChI=1S/C25H18N4OS/c30-22(18-10-4-1-5-11-18)23(19-12-6-2-7-13-19)31-25-21-16-28-29(24(21)26-17-27-25)20-14-8-3-9-15-20/h1-17,23H. The zero-order valence-corrected chi connectivity index (χ0v) is 17.3. The second-order valence-electron chi connectivity index (χ2n) is 6.95. The van der Waals surface area contributed by atoms with Gasteiger partial charge in [0.05, 0.1) is 22.5 Å². The predicted molar refractivity (Wildman–Crippen MR) is 122 cm³/mol. The molecule has 0 bridgehead atoms. The van der Waals surface area contributed by atoms with Crippen LogP contribution in [-0.2, 0) is 0 Å². The van der Waals surface area contributed by atoms with Crippen molar-refractivity contribution in [2.24, 2.45) is 0 Å². The number of Topliss-reactive ketones (excluding diaryl/α,β-unsaturated/α-hetero) is 1. The number of para-hydroxylation sites is 1. The average Bonchev–Trinajstić information content (AvgIpc) is 3.29. The summed E-state index contributed by atoms with van der Waals surface area (Å²) in [6.45, 7) is 0. The number of carbonyl (C=O) groups excluding carboxylic acids is 1. The van der Waals surface area contributed by atoms with Crippen LogP contribution in [0.5, 0.6) is 0 Å². The molecule has 0 fully saturated rings. The quantitative estimate of drug-likeness (QED) is 0.204. The van der Waals surface area contributed by atoms with E-state index in [1.54, 1.807) is 10.9 Å². The number of hydrogen-bond acceptors (Lipinski definition) is 5. The molecule has 0 N–H and O–H groups in total. The molecule has 150 valence electrons. The normalized spacial score (nSPS) is 12.0. The molecule has 5 rings (SSSR count). The highest BCUT2D eigenvalue weighted by Crippen LogP contribution is 2.39. The van der Waals surface area contributed by atoms with Gasteiger partial charge in [-0.2, -0.15) is 5.10 Å². The van der Waals surface area contributed by atoms with E-state index >= 15 is 0 Å². The van der Waals surface area contributed by atoms with Gasteiger partial charge in [0.25, 0.3) is 0 Å². The fourth-order valence-corrected chi connectivity index (χ4v) is 4.58. The van der Waals surface area contributed by atoms with E-state index in [2.05, 4.69) is 15.1 Å². The lowest BCUT2D eigenvalue weighted by molar-refractivity contribution is 0.0989. The van der Waals surface area contributed by atoms with Crippen molar-refractivity contribution < 1.29 is 4.79 Å². The molecule has 0 radical (unpaired) electrons. The predicted octanol–water partition coefficient (Wildman–Crippen LogP) is 5.53. The maximum atomic E-state index is 13.4. The van der Waals surface area contributed by atoms with Gasteiger partial charge < -0.3 is 0 Å². The molecule has 1 unspecified atom stereocenters. The van der Waals surface area contributed by atoms with Crippen molar-refractivity contribution in [2.75, 3.05) is 0 Å². The Kier molecular flexibility index (Phi) is 5.29. The molecule has 5 nitrogen and oxygen atoms in total. The molecule has 0 spiro atoms. The van der Waals surface area contributed by atoms with Crippen LogP contribution >= 0.6 is 11.8 Å². The largest absolute Gasteiger partial charge is 0.293 e. The van der Waals surface area contributed by atoms with Gasteiger partial charge in [-0.1, -0.05) is 90.6 Å². The third kappa shape index (κ3) is 3.85. The van der Waals surface area contributed by atoms with Crippen LogP contribution in [0.2, 0.25) is 0 Å². The molecule has 6 heteroatoms. The zero-order chi connectivity index (χ0) is 21.0. The van der Waals surface area contributed by atoms with Gasteiger partial charge in [0.2, 0.25) is 0 Å². The van der Waals surface area contributed by atoms with E-state index in [1.807, 2.05) is 91.0 Å². The molecular weight excluding hydrogens is 404 g/mol. The number of aromatic nitrogens is 4. The molecule has 0 aliphatic carbocycles. The third-order valence-electron chi connectivity index (χ3n) is 4.96. The second-order valence-corrected chi connectivity index (χ2v) is 8.04. The molecule has 2 aromatic heterocycles. The van der Waals surface area contributed by atoms with E-state index in [9.17, 15) is 4.79 Å². The van der Waals surface area contributed by atoms with Crippen molar-refractivity contribution >= 4 is 28.6 Å². The van der Waals surface area contributed by atoms with Crippen LogP contribution in [0.3, 0.4) is 0 Å².